The molecule has 0 heterocycles. The summed E-state index contributed by atoms with van der Waals surface area (Å²) in [6.07, 6.45) is -1.21. The fourth-order valence-corrected chi connectivity index (χ4v) is 3.22. The van der Waals surface area contributed by atoms with Crippen molar-refractivity contribution in [2.24, 2.45) is 11.8 Å². The summed E-state index contributed by atoms with van der Waals surface area (Å²) < 4.78 is 40.9. The minimum absolute atomic E-state index is 0.183. The van der Waals surface area contributed by atoms with Gasteiger partial charge in [0.2, 0.25) is 0 Å². The van der Waals surface area contributed by atoms with Gasteiger partial charge < -0.3 is 0 Å². The number of hydrogen-bond acceptors (Lipinski definition) is 0. The minimum Gasteiger partial charge on any atom is -0.170 e. The molecule has 0 aromatic heterocycles. The Bertz CT molecular complexity index is 387. The number of halogens is 3. The zero-order valence-corrected chi connectivity index (χ0v) is 9.50. The highest BCUT2D eigenvalue weighted by molar-refractivity contribution is 5.33. The van der Waals surface area contributed by atoms with E-state index in [1.807, 2.05) is 0 Å². The Morgan fingerprint density at radius 2 is 1.29 bits per heavy atom. The fourth-order valence-electron chi connectivity index (χ4n) is 3.22. The first-order valence-corrected chi connectivity index (χ1v) is 6.19. The van der Waals surface area contributed by atoms with E-state index < -0.39 is 11.6 Å². The second kappa shape index (κ2) is 3.50. The van der Waals surface area contributed by atoms with Crippen molar-refractivity contribution in [3.63, 3.8) is 0 Å². The molecule has 17 heavy (non-hydrogen) atoms. The van der Waals surface area contributed by atoms with E-state index in [-0.39, 0.29) is 11.8 Å². The van der Waals surface area contributed by atoms with Gasteiger partial charge in [-0.3, -0.25) is 0 Å². The second-order valence-corrected chi connectivity index (χ2v) is 5.28. The summed E-state index contributed by atoms with van der Waals surface area (Å²) in [6.45, 7) is 0. The molecule has 2 aliphatic carbocycles. The summed E-state index contributed by atoms with van der Waals surface area (Å²) in [5, 5.41) is 0. The Balaban J connectivity index is 2.12. The number of benzene rings is 1. The second-order valence-electron chi connectivity index (χ2n) is 5.28. The largest absolute Gasteiger partial charge is 0.398 e. The molecule has 0 spiro atoms. The molecule has 0 unspecified atom stereocenters. The molecule has 1 aromatic rings. The van der Waals surface area contributed by atoms with Gasteiger partial charge in [-0.05, 0) is 43.1 Å². The van der Waals surface area contributed by atoms with Crippen molar-refractivity contribution in [1.82, 2.24) is 0 Å². The van der Waals surface area contributed by atoms with Crippen LogP contribution in [0.1, 0.15) is 31.2 Å². The lowest BCUT2D eigenvalue weighted by molar-refractivity contribution is -0.204. The summed E-state index contributed by atoms with van der Waals surface area (Å²) in [7, 11) is 0. The minimum atomic E-state index is -4.11. The van der Waals surface area contributed by atoms with E-state index in [0.29, 0.717) is 5.56 Å². The van der Waals surface area contributed by atoms with Crippen molar-refractivity contribution in [1.29, 1.82) is 0 Å². The van der Waals surface area contributed by atoms with Gasteiger partial charge >= 0.3 is 6.18 Å². The number of hydrogen-bond donors (Lipinski definition) is 0. The van der Waals surface area contributed by atoms with Gasteiger partial charge in [-0.25, -0.2) is 0 Å². The van der Waals surface area contributed by atoms with Crippen LogP contribution in [0.25, 0.3) is 0 Å². The van der Waals surface area contributed by atoms with Gasteiger partial charge in [-0.2, -0.15) is 13.2 Å². The van der Waals surface area contributed by atoms with E-state index >= 15 is 0 Å². The van der Waals surface area contributed by atoms with Crippen LogP contribution in [0.15, 0.2) is 30.3 Å². The molecule has 2 fully saturated rings. The van der Waals surface area contributed by atoms with E-state index in [2.05, 4.69) is 0 Å². The number of alkyl halides is 3. The van der Waals surface area contributed by atoms with E-state index in [0.717, 1.165) is 25.7 Å². The van der Waals surface area contributed by atoms with Gasteiger partial charge in [0, 0.05) is 0 Å². The maximum atomic E-state index is 13.6. The standard InChI is InChI=1S/C14H15F3/c15-14(16,17)13(11-6-7-11,12-8-9-12)10-4-2-1-3-5-10/h1-5,11-12H,6-9H2. The third kappa shape index (κ3) is 1.59. The third-order valence-corrected chi connectivity index (χ3v) is 4.16. The Morgan fingerprint density at radius 1 is 0.824 bits per heavy atom. The Hall–Kier alpha value is -0.990. The van der Waals surface area contributed by atoms with Crippen LogP contribution < -0.4 is 0 Å². The van der Waals surface area contributed by atoms with Gasteiger partial charge in [0.1, 0.15) is 0 Å². The third-order valence-electron chi connectivity index (χ3n) is 4.16. The van der Waals surface area contributed by atoms with Gasteiger partial charge in [0.05, 0.1) is 5.41 Å². The summed E-state index contributed by atoms with van der Waals surface area (Å²) in [4.78, 5) is 0. The Labute approximate surface area is 98.8 Å². The van der Waals surface area contributed by atoms with Crippen LogP contribution in [0.3, 0.4) is 0 Å². The highest BCUT2D eigenvalue weighted by Crippen LogP contribution is 2.65. The van der Waals surface area contributed by atoms with Crippen LogP contribution >= 0.6 is 0 Å². The first-order valence-electron chi connectivity index (χ1n) is 6.19. The quantitative estimate of drug-likeness (QED) is 0.738. The lowest BCUT2D eigenvalue weighted by Gasteiger charge is -2.37. The molecule has 0 radical (unpaired) electrons. The average Bonchev–Trinajstić information content (AvgIpc) is 3.12. The Kier molecular flexibility index (Phi) is 2.29. The van der Waals surface area contributed by atoms with Gasteiger partial charge in [-0.15, -0.1) is 0 Å². The molecule has 1 aromatic carbocycles. The molecule has 0 atom stereocenters. The van der Waals surface area contributed by atoms with Crippen LogP contribution in [-0.2, 0) is 5.41 Å². The van der Waals surface area contributed by atoms with Crippen LogP contribution in [0.5, 0.6) is 0 Å². The van der Waals surface area contributed by atoms with Gasteiger partial charge in [0.25, 0.3) is 0 Å². The van der Waals surface area contributed by atoms with Crippen molar-refractivity contribution >= 4 is 0 Å². The predicted molar refractivity (Wildman–Crippen MR) is 59.6 cm³/mol. The molecule has 3 rings (SSSR count). The lowest BCUT2D eigenvalue weighted by atomic mass is 9.71. The molecule has 92 valence electrons. The predicted octanol–water partition coefficient (Wildman–Crippen LogP) is 4.31. The molecular weight excluding hydrogens is 225 g/mol. The Morgan fingerprint density at radius 3 is 1.65 bits per heavy atom. The topological polar surface area (TPSA) is 0 Å². The molecule has 0 nitrogen and oxygen atoms in total. The number of rotatable bonds is 3. The molecule has 0 bridgehead atoms. The zero-order valence-electron chi connectivity index (χ0n) is 9.50. The summed E-state index contributed by atoms with van der Waals surface area (Å²) in [5.41, 5.74) is -1.06. The van der Waals surface area contributed by atoms with Crippen molar-refractivity contribution in [3.8, 4) is 0 Å². The van der Waals surface area contributed by atoms with Gasteiger partial charge in [-0.1, -0.05) is 30.3 Å². The molecule has 0 N–H and O–H groups in total. The summed E-state index contributed by atoms with van der Waals surface area (Å²) in [6, 6.07) is 8.54. The highest BCUT2D eigenvalue weighted by atomic mass is 19.4. The summed E-state index contributed by atoms with van der Waals surface area (Å²) in [5.74, 6) is -0.366. The van der Waals surface area contributed by atoms with E-state index in [1.54, 1.807) is 30.3 Å². The van der Waals surface area contributed by atoms with Crippen molar-refractivity contribution in [3.05, 3.63) is 35.9 Å². The zero-order chi connectivity index (χ0) is 12.1. The maximum absolute atomic E-state index is 13.6. The molecule has 2 aliphatic rings. The SMILES string of the molecule is FC(F)(F)C(c1ccccc1)(C1CC1)C1CC1. The maximum Gasteiger partial charge on any atom is 0.398 e. The van der Waals surface area contributed by atoms with Crippen LogP contribution in [0, 0.1) is 11.8 Å². The van der Waals surface area contributed by atoms with Crippen LogP contribution in [0.2, 0.25) is 0 Å². The molecule has 0 saturated heterocycles. The van der Waals surface area contributed by atoms with Crippen molar-refractivity contribution in [2.45, 2.75) is 37.3 Å². The summed E-state index contributed by atoms with van der Waals surface area (Å²) >= 11 is 0. The molecule has 0 aliphatic heterocycles. The van der Waals surface area contributed by atoms with E-state index in [1.165, 1.54) is 0 Å². The lowest BCUT2D eigenvalue weighted by Crippen LogP contribution is -2.46. The monoisotopic (exact) mass is 240 g/mol. The van der Waals surface area contributed by atoms with E-state index in [9.17, 15) is 13.2 Å². The van der Waals surface area contributed by atoms with Crippen molar-refractivity contribution < 1.29 is 13.2 Å². The first-order chi connectivity index (χ1) is 8.07. The smallest absolute Gasteiger partial charge is 0.170 e. The van der Waals surface area contributed by atoms with E-state index in [4.69, 9.17) is 0 Å². The molecule has 2 saturated carbocycles. The normalized spacial score (nSPS) is 21.6. The molecular formula is C14H15F3. The average molecular weight is 240 g/mol. The van der Waals surface area contributed by atoms with Crippen LogP contribution in [0.4, 0.5) is 13.2 Å². The molecule has 3 heteroatoms. The highest BCUT2D eigenvalue weighted by Gasteiger charge is 2.68. The first kappa shape index (κ1) is 11.1. The fraction of sp³-hybridized carbons (Fsp3) is 0.571. The molecule has 0 amide bonds. The van der Waals surface area contributed by atoms with Crippen LogP contribution in [-0.4, -0.2) is 6.18 Å². The van der Waals surface area contributed by atoms with Gasteiger partial charge in [0.15, 0.2) is 0 Å². The van der Waals surface area contributed by atoms with Crippen molar-refractivity contribution in [2.75, 3.05) is 0 Å².